The van der Waals surface area contributed by atoms with Crippen molar-refractivity contribution in [3.63, 3.8) is 0 Å². The van der Waals surface area contributed by atoms with E-state index in [0.717, 1.165) is 24.7 Å². The highest BCUT2D eigenvalue weighted by molar-refractivity contribution is 5.37. The second-order valence-electron chi connectivity index (χ2n) is 6.77. The molecule has 0 aliphatic carbocycles. The quantitative estimate of drug-likeness (QED) is 0.924. The van der Waals surface area contributed by atoms with Gasteiger partial charge in [-0.2, -0.15) is 0 Å². The summed E-state index contributed by atoms with van der Waals surface area (Å²) in [5.74, 6) is 0.439. The van der Waals surface area contributed by atoms with Crippen LogP contribution in [0.1, 0.15) is 49.8 Å². The van der Waals surface area contributed by atoms with Crippen molar-refractivity contribution in [3.05, 3.63) is 29.3 Å². The number of piperidine rings is 1. The minimum atomic E-state index is 0.305. The molecule has 2 aliphatic heterocycles. The van der Waals surface area contributed by atoms with E-state index in [9.17, 15) is 5.11 Å². The van der Waals surface area contributed by atoms with Crippen molar-refractivity contribution in [2.24, 2.45) is 0 Å². The van der Waals surface area contributed by atoms with Crippen LogP contribution in [0.2, 0.25) is 0 Å². The Morgan fingerprint density at radius 2 is 1.90 bits per heavy atom. The molecular formula is C18H28N2O. The Bertz CT molecular complexity index is 482. The van der Waals surface area contributed by atoms with Gasteiger partial charge in [0.1, 0.15) is 5.75 Å². The van der Waals surface area contributed by atoms with Crippen LogP contribution in [0.5, 0.6) is 5.75 Å². The summed E-state index contributed by atoms with van der Waals surface area (Å²) in [5.41, 5.74) is 2.30. The molecule has 2 heterocycles. The normalized spacial score (nSPS) is 26.1. The molecule has 1 aromatic carbocycles. The maximum absolute atomic E-state index is 10.1. The number of phenolic OH excluding ortho intramolecular Hbond substituents is 1. The van der Waals surface area contributed by atoms with E-state index < -0.39 is 0 Å². The Hall–Kier alpha value is -1.06. The number of aromatic hydroxyl groups is 1. The first-order chi connectivity index (χ1) is 10.1. The van der Waals surface area contributed by atoms with Crippen molar-refractivity contribution in [1.82, 2.24) is 9.80 Å². The van der Waals surface area contributed by atoms with Crippen LogP contribution in [0.15, 0.2) is 18.2 Å². The molecule has 0 spiro atoms. The fraction of sp³-hybridized carbons (Fsp3) is 0.667. The van der Waals surface area contributed by atoms with E-state index in [2.05, 4.69) is 29.7 Å². The predicted octanol–water partition coefficient (Wildman–Crippen LogP) is 3.32. The van der Waals surface area contributed by atoms with E-state index >= 15 is 0 Å². The summed E-state index contributed by atoms with van der Waals surface area (Å²) in [6.07, 6.45) is 5.41. The first-order valence-electron chi connectivity index (χ1n) is 8.43. The summed E-state index contributed by atoms with van der Waals surface area (Å²) < 4.78 is 0. The Morgan fingerprint density at radius 3 is 2.67 bits per heavy atom. The van der Waals surface area contributed by atoms with Crippen LogP contribution in [0.25, 0.3) is 0 Å². The predicted molar refractivity (Wildman–Crippen MR) is 86.7 cm³/mol. The fourth-order valence-corrected chi connectivity index (χ4v) is 3.91. The highest BCUT2D eigenvalue weighted by Crippen LogP contribution is 2.32. The van der Waals surface area contributed by atoms with E-state index in [1.165, 1.54) is 44.3 Å². The van der Waals surface area contributed by atoms with Gasteiger partial charge in [-0.1, -0.05) is 24.1 Å². The average Bonchev–Trinajstić information content (AvgIpc) is 3.00. The van der Waals surface area contributed by atoms with Crippen molar-refractivity contribution in [2.45, 2.75) is 51.6 Å². The summed E-state index contributed by atoms with van der Waals surface area (Å²) in [7, 11) is 0. The van der Waals surface area contributed by atoms with Gasteiger partial charge in [-0.3, -0.25) is 9.80 Å². The van der Waals surface area contributed by atoms with Gasteiger partial charge in [0, 0.05) is 30.7 Å². The monoisotopic (exact) mass is 288 g/mol. The van der Waals surface area contributed by atoms with E-state index in [0.29, 0.717) is 11.8 Å². The molecule has 1 N–H and O–H groups in total. The zero-order valence-corrected chi connectivity index (χ0v) is 13.4. The summed E-state index contributed by atoms with van der Waals surface area (Å²) in [4.78, 5) is 5.22. The average molecular weight is 288 g/mol. The third-order valence-corrected chi connectivity index (χ3v) is 5.28. The number of hydrogen-bond acceptors (Lipinski definition) is 3. The van der Waals surface area contributed by atoms with E-state index in [1.807, 2.05) is 12.1 Å². The van der Waals surface area contributed by atoms with Gasteiger partial charge in [-0.15, -0.1) is 0 Å². The number of likely N-dealkylation sites (tertiary alicyclic amines) is 2. The van der Waals surface area contributed by atoms with Gasteiger partial charge >= 0.3 is 0 Å². The Kier molecular flexibility index (Phi) is 4.51. The van der Waals surface area contributed by atoms with Crippen molar-refractivity contribution in [3.8, 4) is 5.75 Å². The van der Waals surface area contributed by atoms with E-state index in [1.54, 1.807) is 0 Å². The molecule has 2 atom stereocenters. The van der Waals surface area contributed by atoms with Gasteiger partial charge in [0.05, 0.1) is 0 Å². The maximum Gasteiger partial charge on any atom is 0.120 e. The van der Waals surface area contributed by atoms with Crippen LogP contribution in [-0.4, -0.2) is 47.1 Å². The molecule has 1 aromatic rings. The molecule has 116 valence electrons. The molecule has 2 aliphatic rings. The first-order valence-corrected chi connectivity index (χ1v) is 8.43. The fourth-order valence-electron chi connectivity index (χ4n) is 3.91. The molecular weight excluding hydrogens is 260 g/mol. The third-order valence-electron chi connectivity index (χ3n) is 5.28. The highest BCUT2D eigenvalue weighted by Gasteiger charge is 2.31. The zero-order chi connectivity index (χ0) is 14.8. The van der Waals surface area contributed by atoms with Gasteiger partial charge in [-0.25, -0.2) is 0 Å². The van der Waals surface area contributed by atoms with E-state index in [4.69, 9.17) is 0 Å². The van der Waals surface area contributed by atoms with Crippen molar-refractivity contribution in [2.75, 3.05) is 26.2 Å². The summed E-state index contributed by atoms with van der Waals surface area (Å²) in [6, 6.07) is 6.97. The lowest BCUT2D eigenvalue weighted by molar-refractivity contribution is 0.154. The van der Waals surface area contributed by atoms with Crippen LogP contribution in [0, 0.1) is 6.92 Å². The Labute approximate surface area is 128 Å². The van der Waals surface area contributed by atoms with Crippen LogP contribution in [0.3, 0.4) is 0 Å². The van der Waals surface area contributed by atoms with Crippen molar-refractivity contribution >= 4 is 0 Å². The number of rotatable bonds is 3. The standard InChI is InChI=1S/C18H28N2O/c1-14-6-7-18(21)17(12-14)15(2)20-11-8-16(13-20)19-9-4-3-5-10-19/h6-7,12,15-16,21H,3-5,8-11,13H2,1-2H3. The van der Waals surface area contributed by atoms with Crippen molar-refractivity contribution < 1.29 is 5.11 Å². The molecule has 3 nitrogen and oxygen atoms in total. The molecule has 3 heteroatoms. The zero-order valence-electron chi connectivity index (χ0n) is 13.4. The number of phenols is 1. The third kappa shape index (κ3) is 3.24. The number of benzene rings is 1. The van der Waals surface area contributed by atoms with Crippen LogP contribution in [0.4, 0.5) is 0 Å². The molecule has 0 amide bonds. The Morgan fingerprint density at radius 1 is 1.14 bits per heavy atom. The first kappa shape index (κ1) is 14.9. The highest BCUT2D eigenvalue weighted by atomic mass is 16.3. The molecule has 21 heavy (non-hydrogen) atoms. The van der Waals surface area contributed by atoms with Crippen LogP contribution < -0.4 is 0 Å². The van der Waals surface area contributed by atoms with Gasteiger partial charge in [0.2, 0.25) is 0 Å². The molecule has 2 saturated heterocycles. The van der Waals surface area contributed by atoms with Gasteiger partial charge in [-0.05, 0) is 52.3 Å². The van der Waals surface area contributed by atoms with Gasteiger partial charge in [0.25, 0.3) is 0 Å². The maximum atomic E-state index is 10.1. The number of hydrogen-bond donors (Lipinski definition) is 1. The molecule has 0 saturated carbocycles. The molecule has 2 fully saturated rings. The smallest absolute Gasteiger partial charge is 0.120 e. The second kappa shape index (κ2) is 6.37. The number of nitrogens with zero attached hydrogens (tertiary/aromatic N) is 2. The molecule has 0 bridgehead atoms. The minimum Gasteiger partial charge on any atom is -0.508 e. The number of aryl methyl sites for hydroxylation is 1. The molecule has 3 rings (SSSR count). The summed E-state index contributed by atoms with van der Waals surface area (Å²) in [5, 5.41) is 10.1. The summed E-state index contributed by atoms with van der Waals surface area (Å²) in [6.45, 7) is 9.18. The molecule has 0 radical (unpaired) electrons. The van der Waals surface area contributed by atoms with Crippen LogP contribution >= 0.6 is 0 Å². The topological polar surface area (TPSA) is 26.7 Å². The minimum absolute atomic E-state index is 0.305. The lowest BCUT2D eigenvalue weighted by Gasteiger charge is -2.33. The van der Waals surface area contributed by atoms with E-state index in [-0.39, 0.29) is 0 Å². The Balaban J connectivity index is 1.66. The van der Waals surface area contributed by atoms with Gasteiger partial charge in [0.15, 0.2) is 0 Å². The largest absolute Gasteiger partial charge is 0.508 e. The SMILES string of the molecule is Cc1ccc(O)c(C(C)N2CCC(N3CCCCC3)C2)c1. The molecule has 2 unspecified atom stereocenters. The lowest BCUT2D eigenvalue weighted by Crippen LogP contribution is -2.41. The van der Waals surface area contributed by atoms with Crippen molar-refractivity contribution in [1.29, 1.82) is 0 Å². The lowest BCUT2D eigenvalue weighted by atomic mass is 10.0. The summed E-state index contributed by atoms with van der Waals surface area (Å²) >= 11 is 0. The van der Waals surface area contributed by atoms with Crippen LogP contribution in [-0.2, 0) is 0 Å². The molecule has 0 aromatic heterocycles. The van der Waals surface area contributed by atoms with Gasteiger partial charge < -0.3 is 5.11 Å². The second-order valence-corrected chi connectivity index (χ2v) is 6.77.